The van der Waals surface area contributed by atoms with Gasteiger partial charge in [-0.3, -0.25) is 4.79 Å². The van der Waals surface area contributed by atoms with Crippen LogP contribution in [0.15, 0.2) is 0 Å². The van der Waals surface area contributed by atoms with E-state index in [1.165, 1.54) is 0 Å². The van der Waals surface area contributed by atoms with Crippen molar-refractivity contribution in [2.75, 3.05) is 39.5 Å². The van der Waals surface area contributed by atoms with Crippen molar-refractivity contribution in [2.45, 2.75) is 32.2 Å². The van der Waals surface area contributed by atoms with Crippen molar-refractivity contribution >= 4 is 5.91 Å². The molecule has 0 radical (unpaired) electrons. The van der Waals surface area contributed by atoms with E-state index in [0.717, 1.165) is 0 Å². The molecule has 0 atom stereocenters. The third-order valence-electron chi connectivity index (χ3n) is 3.19. The van der Waals surface area contributed by atoms with Gasteiger partial charge in [-0.25, -0.2) is 0 Å². The number of rotatable bonds is 6. The van der Waals surface area contributed by atoms with Crippen LogP contribution in [-0.4, -0.2) is 55.9 Å². The summed E-state index contributed by atoms with van der Waals surface area (Å²) < 4.78 is 10.5. The largest absolute Gasteiger partial charge is 0.381 e. The maximum Gasteiger partial charge on any atom is 0.242 e. The van der Waals surface area contributed by atoms with Crippen LogP contribution in [0.2, 0.25) is 0 Å². The molecule has 1 rings (SSSR count). The third kappa shape index (κ3) is 3.94. The first kappa shape index (κ1) is 14.4. The molecule has 1 saturated heterocycles. The zero-order valence-corrected chi connectivity index (χ0v) is 10.9. The van der Waals surface area contributed by atoms with Crippen LogP contribution in [0.3, 0.4) is 0 Å². The third-order valence-corrected chi connectivity index (χ3v) is 3.19. The van der Waals surface area contributed by atoms with Crippen molar-refractivity contribution in [3.8, 4) is 0 Å². The number of likely N-dealkylation sites (N-methyl/N-ethyl adjacent to an activating group) is 1. The molecule has 0 saturated carbocycles. The Balaban J connectivity index is 2.51. The predicted molar refractivity (Wildman–Crippen MR) is 65.7 cm³/mol. The molecule has 17 heavy (non-hydrogen) atoms. The molecule has 1 aliphatic heterocycles. The smallest absolute Gasteiger partial charge is 0.242 e. The Kier molecular flexibility index (Phi) is 5.88. The summed E-state index contributed by atoms with van der Waals surface area (Å²) >= 11 is 0. The maximum absolute atomic E-state index is 12.3. The molecule has 100 valence electrons. The molecule has 1 aliphatic rings. The second-order valence-corrected chi connectivity index (χ2v) is 4.35. The average molecular weight is 244 g/mol. The monoisotopic (exact) mass is 244 g/mol. The number of hydrogen-bond acceptors (Lipinski definition) is 4. The van der Waals surface area contributed by atoms with Gasteiger partial charge in [-0.15, -0.1) is 0 Å². The van der Waals surface area contributed by atoms with E-state index < -0.39 is 5.54 Å². The van der Waals surface area contributed by atoms with Crippen LogP contribution in [0.1, 0.15) is 26.7 Å². The van der Waals surface area contributed by atoms with Gasteiger partial charge in [0.15, 0.2) is 0 Å². The highest BCUT2D eigenvalue weighted by molar-refractivity contribution is 5.86. The fraction of sp³-hybridized carbons (Fsp3) is 0.917. The maximum atomic E-state index is 12.3. The summed E-state index contributed by atoms with van der Waals surface area (Å²) in [6.45, 7) is 7.59. The minimum atomic E-state index is -0.736. The van der Waals surface area contributed by atoms with Crippen LogP contribution in [0.5, 0.6) is 0 Å². The van der Waals surface area contributed by atoms with Crippen molar-refractivity contribution in [2.24, 2.45) is 5.73 Å². The van der Waals surface area contributed by atoms with Crippen molar-refractivity contribution in [1.82, 2.24) is 4.90 Å². The van der Waals surface area contributed by atoms with Crippen molar-refractivity contribution in [1.29, 1.82) is 0 Å². The molecule has 1 fully saturated rings. The lowest BCUT2D eigenvalue weighted by Crippen LogP contribution is -2.58. The first-order valence-electron chi connectivity index (χ1n) is 6.37. The summed E-state index contributed by atoms with van der Waals surface area (Å²) in [6, 6.07) is 0. The van der Waals surface area contributed by atoms with Crippen molar-refractivity contribution in [3.63, 3.8) is 0 Å². The number of hydrogen-bond donors (Lipinski definition) is 1. The second-order valence-electron chi connectivity index (χ2n) is 4.35. The molecule has 5 heteroatoms. The van der Waals surface area contributed by atoms with Gasteiger partial charge in [-0.1, -0.05) is 0 Å². The summed E-state index contributed by atoms with van der Waals surface area (Å²) in [7, 11) is 0. The molecular weight excluding hydrogens is 220 g/mol. The molecule has 0 aromatic rings. The Hall–Kier alpha value is -0.650. The molecule has 0 unspecified atom stereocenters. The molecule has 1 amide bonds. The van der Waals surface area contributed by atoms with Gasteiger partial charge in [0.05, 0.1) is 12.1 Å². The Bertz CT molecular complexity index is 240. The quantitative estimate of drug-likeness (QED) is 0.686. The molecule has 0 spiro atoms. The number of carbonyl (C=O) groups is 1. The van der Waals surface area contributed by atoms with E-state index in [-0.39, 0.29) is 5.91 Å². The molecule has 0 aliphatic carbocycles. The van der Waals surface area contributed by atoms with Crippen LogP contribution in [-0.2, 0) is 14.3 Å². The van der Waals surface area contributed by atoms with E-state index in [2.05, 4.69) is 0 Å². The molecule has 0 bridgehead atoms. The number of ether oxygens (including phenoxy) is 2. The predicted octanol–water partition coefficient (Wildman–Crippen LogP) is 0.379. The van der Waals surface area contributed by atoms with Crippen molar-refractivity contribution < 1.29 is 14.3 Å². The summed E-state index contributed by atoms with van der Waals surface area (Å²) in [5, 5.41) is 0. The minimum absolute atomic E-state index is 0.0306. The van der Waals surface area contributed by atoms with Crippen LogP contribution in [0, 0.1) is 0 Å². The standard InChI is InChI=1S/C12H24N2O3/c1-3-14(7-10-16-4-2)11(15)12(13)5-8-17-9-6-12/h3-10,13H2,1-2H3. The zero-order valence-electron chi connectivity index (χ0n) is 10.9. The van der Waals surface area contributed by atoms with Gasteiger partial charge in [0.2, 0.25) is 5.91 Å². The Morgan fingerprint density at radius 2 is 2.06 bits per heavy atom. The highest BCUT2D eigenvalue weighted by Gasteiger charge is 2.38. The highest BCUT2D eigenvalue weighted by atomic mass is 16.5. The summed E-state index contributed by atoms with van der Waals surface area (Å²) in [6.07, 6.45) is 1.22. The van der Waals surface area contributed by atoms with E-state index in [0.29, 0.717) is 52.4 Å². The van der Waals surface area contributed by atoms with Crippen LogP contribution >= 0.6 is 0 Å². The second kappa shape index (κ2) is 6.93. The first-order valence-corrected chi connectivity index (χ1v) is 6.37. The molecule has 5 nitrogen and oxygen atoms in total. The van der Waals surface area contributed by atoms with Gasteiger partial charge in [-0.05, 0) is 26.7 Å². The van der Waals surface area contributed by atoms with Gasteiger partial charge in [-0.2, -0.15) is 0 Å². The zero-order chi connectivity index (χ0) is 12.7. The van der Waals surface area contributed by atoms with E-state index in [1.807, 2.05) is 13.8 Å². The summed E-state index contributed by atoms with van der Waals surface area (Å²) in [5.41, 5.74) is 5.44. The van der Waals surface area contributed by atoms with Gasteiger partial charge in [0, 0.05) is 32.9 Å². The highest BCUT2D eigenvalue weighted by Crippen LogP contribution is 2.20. The fourth-order valence-corrected chi connectivity index (χ4v) is 1.99. The van der Waals surface area contributed by atoms with Crippen LogP contribution in [0.25, 0.3) is 0 Å². The molecule has 0 aromatic heterocycles. The summed E-state index contributed by atoms with van der Waals surface area (Å²) in [5.74, 6) is 0.0306. The SMILES string of the molecule is CCOCCN(CC)C(=O)C1(N)CCOCC1. The van der Waals surface area contributed by atoms with Gasteiger partial charge in [0.25, 0.3) is 0 Å². The lowest BCUT2D eigenvalue weighted by molar-refractivity contribution is -0.141. The average Bonchev–Trinajstić information content (AvgIpc) is 2.35. The number of amides is 1. The minimum Gasteiger partial charge on any atom is -0.381 e. The Labute approximate surface area is 103 Å². The number of nitrogens with two attached hydrogens (primary N) is 1. The van der Waals surface area contributed by atoms with E-state index >= 15 is 0 Å². The van der Waals surface area contributed by atoms with Crippen LogP contribution in [0.4, 0.5) is 0 Å². The van der Waals surface area contributed by atoms with Gasteiger partial charge < -0.3 is 20.1 Å². The first-order chi connectivity index (χ1) is 8.14. The number of nitrogens with zero attached hydrogens (tertiary/aromatic N) is 1. The van der Waals surface area contributed by atoms with Gasteiger partial charge in [0.1, 0.15) is 0 Å². The molecule has 2 N–H and O–H groups in total. The lowest BCUT2D eigenvalue weighted by Gasteiger charge is -2.36. The molecule has 0 aromatic carbocycles. The molecule has 1 heterocycles. The normalized spacial score (nSPS) is 19.0. The summed E-state index contributed by atoms with van der Waals surface area (Å²) in [4.78, 5) is 14.1. The number of carbonyl (C=O) groups excluding carboxylic acids is 1. The fourth-order valence-electron chi connectivity index (χ4n) is 1.99. The Morgan fingerprint density at radius 1 is 1.41 bits per heavy atom. The van der Waals surface area contributed by atoms with Crippen LogP contribution < -0.4 is 5.73 Å². The van der Waals surface area contributed by atoms with Gasteiger partial charge >= 0.3 is 0 Å². The topological polar surface area (TPSA) is 64.8 Å². The van der Waals surface area contributed by atoms with E-state index in [4.69, 9.17) is 15.2 Å². The molecular formula is C12H24N2O3. The van der Waals surface area contributed by atoms with Crippen molar-refractivity contribution in [3.05, 3.63) is 0 Å². The Morgan fingerprint density at radius 3 is 2.59 bits per heavy atom. The lowest BCUT2D eigenvalue weighted by atomic mass is 9.89. The van der Waals surface area contributed by atoms with E-state index in [9.17, 15) is 4.79 Å². The van der Waals surface area contributed by atoms with E-state index in [1.54, 1.807) is 4.90 Å².